The molecule has 1 aliphatic heterocycles. The molecule has 1 atom stereocenters. The van der Waals surface area contributed by atoms with Gasteiger partial charge >= 0.3 is 0 Å². The molecular weight excluding hydrogens is 465 g/mol. The third kappa shape index (κ3) is 3.45. The Hall–Kier alpha value is -3.31. The molecule has 1 unspecified atom stereocenters. The number of carbonyl (C=O) groups is 1. The number of benzene rings is 2. The fraction of sp³-hybridized carbons (Fsp3) is 0.217. The highest BCUT2D eigenvalue weighted by atomic mass is 79.9. The van der Waals surface area contributed by atoms with Gasteiger partial charge in [0.25, 0.3) is 0 Å². The van der Waals surface area contributed by atoms with Crippen molar-refractivity contribution >= 4 is 27.4 Å². The maximum absolute atomic E-state index is 14.9. The number of Topliss-reactive ketones (excluding diaryl/α,β-unsaturated/α-hetero) is 1. The van der Waals surface area contributed by atoms with Crippen molar-refractivity contribution in [3.63, 3.8) is 0 Å². The molecule has 2 aromatic rings. The van der Waals surface area contributed by atoms with Gasteiger partial charge in [-0.05, 0) is 48.7 Å². The molecule has 2 aliphatic rings. The van der Waals surface area contributed by atoms with Gasteiger partial charge in [0, 0.05) is 22.2 Å². The summed E-state index contributed by atoms with van der Waals surface area (Å²) in [6.45, 7) is 0. The Kier molecular flexibility index (Phi) is 5.46. The van der Waals surface area contributed by atoms with Gasteiger partial charge in [-0.2, -0.15) is 5.26 Å². The first-order chi connectivity index (χ1) is 14.9. The van der Waals surface area contributed by atoms with Gasteiger partial charge in [0.05, 0.1) is 30.4 Å². The van der Waals surface area contributed by atoms with E-state index in [1.165, 1.54) is 24.1 Å². The quantitative estimate of drug-likeness (QED) is 0.661. The van der Waals surface area contributed by atoms with E-state index in [1.807, 2.05) is 0 Å². The minimum Gasteiger partial charge on any atom is -0.504 e. The molecule has 0 radical (unpaired) electrons. The Bertz CT molecular complexity index is 1200. The van der Waals surface area contributed by atoms with Gasteiger partial charge in [0.1, 0.15) is 11.6 Å². The number of carbonyl (C=O) groups excluding carboxylic acids is 1. The predicted molar refractivity (Wildman–Crippen MR) is 117 cm³/mol. The minimum atomic E-state index is -0.751. The first-order valence-electron chi connectivity index (χ1n) is 9.65. The molecule has 0 amide bonds. The molecule has 4 rings (SSSR count). The SMILES string of the molecule is COc1ccc(C2C(C#N)=C(N)N(c3ccc(Br)cc3F)C3=C2C(=O)CCC3)cc1O. The van der Waals surface area contributed by atoms with Crippen LogP contribution in [-0.4, -0.2) is 18.0 Å². The fourth-order valence-corrected chi connectivity index (χ4v) is 4.58. The number of anilines is 1. The van der Waals surface area contributed by atoms with Crippen LogP contribution in [0.5, 0.6) is 11.5 Å². The van der Waals surface area contributed by atoms with E-state index in [0.717, 1.165) is 0 Å². The lowest BCUT2D eigenvalue weighted by atomic mass is 9.75. The molecule has 31 heavy (non-hydrogen) atoms. The third-order valence-corrected chi connectivity index (χ3v) is 6.09. The van der Waals surface area contributed by atoms with Crippen molar-refractivity contribution in [2.45, 2.75) is 25.2 Å². The summed E-state index contributed by atoms with van der Waals surface area (Å²) >= 11 is 3.24. The molecule has 0 bridgehead atoms. The van der Waals surface area contributed by atoms with Crippen LogP contribution in [0, 0.1) is 17.1 Å². The number of allylic oxidation sites excluding steroid dienone is 3. The van der Waals surface area contributed by atoms with E-state index in [-0.39, 0.29) is 34.4 Å². The highest BCUT2D eigenvalue weighted by Crippen LogP contribution is 2.47. The minimum absolute atomic E-state index is 0.0671. The molecule has 8 heteroatoms. The monoisotopic (exact) mass is 483 g/mol. The molecule has 6 nitrogen and oxygen atoms in total. The van der Waals surface area contributed by atoms with Crippen molar-refractivity contribution in [2.24, 2.45) is 5.73 Å². The number of hydrogen-bond acceptors (Lipinski definition) is 6. The molecule has 0 saturated heterocycles. The van der Waals surface area contributed by atoms with E-state index in [0.29, 0.717) is 40.6 Å². The van der Waals surface area contributed by atoms with Gasteiger partial charge in [0.15, 0.2) is 17.3 Å². The molecule has 0 aromatic heterocycles. The van der Waals surface area contributed by atoms with Gasteiger partial charge < -0.3 is 15.6 Å². The van der Waals surface area contributed by atoms with Crippen LogP contribution < -0.4 is 15.4 Å². The number of aromatic hydroxyl groups is 1. The summed E-state index contributed by atoms with van der Waals surface area (Å²) in [4.78, 5) is 14.5. The van der Waals surface area contributed by atoms with E-state index in [1.54, 1.807) is 24.3 Å². The van der Waals surface area contributed by atoms with E-state index >= 15 is 0 Å². The fourth-order valence-electron chi connectivity index (χ4n) is 4.24. The topological polar surface area (TPSA) is 99.6 Å². The highest BCUT2D eigenvalue weighted by molar-refractivity contribution is 9.10. The van der Waals surface area contributed by atoms with E-state index in [4.69, 9.17) is 10.5 Å². The molecule has 2 aromatic carbocycles. The van der Waals surface area contributed by atoms with Crippen molar-refractivity contribution in [3.05, 3.63) is 74.9 Å². The summed E-state index contributed by atoms with van der Waals surface area (Å²) in [7, 11) is 1.43. The molecule has 0 spiro atoms. The van der Waals surface area contributed by atoms with Gasteiger partial charge in [-0.3, -0.25) is 9.69 Å². The molecule has 0 fully saturated rings. The average molecular weight is 484 g/mol. The number of ether oxygens (including phenoxy) is 1. The van der Waals surface area contributed by atoms with Crippen LogP contribution in [0.4, 0.5) is 10.1 Å². The first kappa shape index (κ1) is 20.9. The zero-order chi connectivity index (χ0) is 22.3. The third-order valence-electron chi connectivity index (χ3n) is 5.60. The lowest BCUT2D eigenvalue weighted by Crippen LogP contribution is -2.39. The zero-order valence-electron chi connectivity index (χ0n) is 16.7. The summed E-state index contributed by atoms with van der Waals surface area (Å²) in [5.74, 6) is -1.17. The van der Waals surface area contributed by atoms with Gasteiger partial charge in [-0.1, -0.05) is 22.0 Å². The largest absolute Gasteiger partial charge is 0.504 e. The van der Waals surface area contributed by atoms with Crippen LogP contribution >= 0.6 is 15.9 Å². The number of nitriles is 1. The molecule has 158 valence electrons. The Labute approximate surface area is 187 Å². The van der Waals surface area contributed by atoms with Crippen molar-refractivity contribution < 1.29 is 19.0 Å². The van der Waals surface area contributed by atoms with Crippen LogP contribution in [-0.2, 0) is 4.79 Å². The number of phenolic OH excluding ortho intramolecular Hbond substituents is 1. The zero-order valence-corrected chi connectivity index (χ0v) is 18.2. The van der Waals surface area contributed by atoms with Crippen LogP contribution in [0.1, 0.15) is 30.7 Å². The van der Waals surface area contributed by atoms with E-state index in [9.17, 15) is 19.6 Å². The molecular formula is C23H19BrFN3O3. The van der Waals surface area contributed by atoms with Crippen LogP contribution in [0.15, 0.2) is 63.5 Å². The number of nitrogens with zero attached hydrogens (tertiary/aromatic N) is 2. The van der Waals surface area contributed by atoms with Crippen molar-refractivity contribution in [2.75, 3.05) is 12.0 Å². The average Bonchev–Trinajstić information content (AvgIpc) is 2.74. The normalized spacial score (nSPS) is 18.7. The number of nitrogens with two attached hydrogens (primary N) is 1. The summed E-state index contributed by atoms with van der Waals surface area (Å²) in [5.41, 5.74) is 8.24. The summed E-state index contributed by atoms with van der Waals surface area (Å²) in [5, 5.41) is 20.3. The van der Waals surface area contributed by atoms with Gasteiger partial charge in [-0.15, -0.1) is 0 Å². The molecule has 1 aliphatic carbocycles. The number of methoxy groups -OCH3 is 1. The maximum Gasteiger partial charge on any atom is 0.161 e. The number of phenols is 1. The Morgan fingerprint density at radius 1 is 1.29 bits per heavy atom. The second kappa shape index (κ2) is 8.08. The van der Waals surface area contributed by atoms with Crippen LogP contribution in [0.2, 0.25) is 0 Å². The number of ketones is 1. The lowest BCUT2D eigenvalue weighted by molar-refractivity contribution is -0.116. The number of halogens is 2. The lowest BCUT2D eigenvalue weighted by Gasteiger charge is -2.39. The smallest absolute Gasteiger partial charge is 0.161 e. The van der Waals surface area contributed by atoms with Crippen LogP contribution in [0.25, 0.3) is 0 Å². The maximum atomic E-state index is 14.9. The van der Waals surface area contributed by atoms with E-state index in [2.05, 4.69) is 22.0 Å². The van der Waals surface area contributed by atoms with Gasteiger partial charge in [0.2, 0.25) is 0 Å². The molecule has 1 heterocycles. The first-order valence-corrected chi connectivity index (χ1v) is 10.4. The van der Waals surface area contributed by atoms with Crippen molar-refractivity contribution in [3.8, 4) is 17.6 Å². The van der Waals surface area contributed by atoms with Crippen molar-refractivity contribution in [1.29, 1.82) is 5.26 Å². The Morgan fingerprint density at radius 2 is 2.06 bits per heavy atom. The predicted octanol–water partition coefficient (Wildman–Crippen LogP) is 4.61. The summed E-state index contributed by atoms with van der Waals surface area (Å²) in [6.07, 6.45) is 1.43. The van der Waals surface area contributed by atoms with Gasteiger partial charge in [-0.25, -0.2) is 4.39 Å². The summed E-state index contributed by atoms with van der Waals surface area (Å²) in [6, 6.07) is 11.4. The Balaban J connectivity index is 1.97. The van der Waals surface area contributed by atoms with Crippen molar-refractivity contribution in [1.82, 2.24) is 0 Å². The standard InChI is InChI=1S/C23H19BrFN3O3/c1-31-20-8-5-12(9-19(20)30)21-14(11-26)23(27)28(16-7-6-13(24)10-15(16)25)17-3-2-4-18(29)22(17)21/h5-10,21,30H,2-4,27H2,1H3. The Morgan fingerprint density at radius 3 is 2.71 bits per heavy atom. The second-order valence-corrected chi connectivity index (χ2v) is 8.26. The number of rotatable bonds is 3. The molecule has 0 saturated carbocycles. The highest BCUT2D eigenvalue weighted by Gasteiger charge is 2.41. The second-order valence-electron chi connectivity index (χ2n) is 7.34. The van der Waals surface area contributed by atoms with Crippen LogP contribution in [0.3, 0.4) is 0 Å². The van der Waals surface area contributed by atoms with E-state index < -0.39 is 11.7 Å². The summed E-state index contributed by atoms with van der Waals surface area (Å²) < 4.78 is 20.5. The number of hydrogen-bond donors (Lipinski definition) is 2. The molecule has 3 N–H and O–H groups in total.